The Hall–Kier alpha value is -2.58. The van der Waals surface area contributed by atoms with Gasteiger partial charge in [0.05, 0.1) is 12.6 Å². The Morgan fingerprint density at radius 3 is 2.40 bits per heavy atom. The number of hydrogen-bond donors (Lipinski definition) is 0. The highest BCUT2D eigenvalue weighted by molar-refractivity contribution is 5.44. The third kappa shape index (κ3) is 3.59. The molecule has 3 heterocycles. The maximum Gasteiger partial charge on any atom is 0.433 e. The molecular formula is C17H19N3O5. The molecule has 0 unspecified atom stereocenters. The molecule has 2 aliphatic rings. The molecule has 1 aromatic heterocycles. The van der Waals surface area contributed by atoms with Gasteiger partial charge in [0.2, 0.25) is 6.79 Å². The molecule has 0 bridgehead atoms. The summed E-state index contributed by atoms with van der Waals surface area (Å²) < 4.78 is 16.0. The molecule has 2 aliphatic heterocycles. The number of benzene rings is 1. The van der Waals surface area contributed by atoms with Crippen molar-refractivity contribution in [1.82, 2.24) is 9.80 Å². The van der Waals surface area contributed by atoms with Gasteiger partial charge in [0.15, 0.2) is 11.5 Å². The Morgan fingerprint density at radius 1 is 0.960 bits per heavy atom. The maximum absolute atomic E-state index is 10.7. The number of hydrogen-bond acceptors (Lipinski definition) is 7. The van der Waals surface area contributed by atoms with Crippen molar-refractivity contribution in [1.29, 1.82) is 0 Å². The highest BCUT2D eigenvalue weighted by Crippen LogP contribution is 2.32. The second-order valence-corrected chi connectivity index (χ2v) is 6.24. The molecule has 1 aromatic carbocycles. The van der Waals surface area contributed by atoms with Crippen LogP contribution in [0.2, 0.25) is 0 Å². The van der Waals surface area contributed by atoms with Crippen molar-refractivity contribution in [2.24, 2.45) is 0 Å². The van der Waals surface area contributed by atoms with Crippen LogP contribution in [-0.2, 0) is 13.1 Å². The van der Waals surface area contributed by atoms with E-state index in [1.54, 1.807) is 6.07 Å². The van der Waals surface area contributed by atoms with E-state index >= 15 is 0 Å². The van der Waals surface area contributed by atoms with Gasteiger partial charge in [0.25, 0.3) is 0 Å². The van der Waals surface area contributed by atoms with E-state index in [9.17, 15) is 10.1 Å². The average molecular weight is 345 g/mol. The van der Waals surface area contributed by atoms with Crippen LogP contribution in [0.25, 0.3) is 0 Å². The molecule has 4 rings (SSSR count). The lowest BCUT2D eigenvalue weighted by Crippen LogP contribution is -2.45. The molecule has 0 radical (unpaired) electrons. The Kier molecular flexibility index (Phi) is 4.29. The van der Waals surface area contributed by atoms with Gasteiger partial charge in [-0.1, -0.05) is 6.07 Å². The lowest BCUT2D eigenvalue weighted by Gasteiger charge is -2.34. The van der Waals surface area contributed by atoms with Gasteiger partial charge in [-0.25, -0.2) is 0 Å². The van der Waals surface area contributed by atoms with Crippen molar-refractivity contribution >= 4 is 5.88 Å². The van der Waals surface area contributed by atoms with Crippen LogP contribution in [0.15, 0.2) is 34.7 Å². The SMILES string of the molecule is O=[N+]([O-])c1ccc(CN2CCN(Cc3ccc4c(c3)OCO4)CC2)o1. The molecule has 0 aliphatic carbocycles. The van der Waals surface area contributed by atoms with E-state index in [0.717, 1.165) is 44.2 Å². The smallest absolute Gasteiger partial charge is 0.433 e. The molecule has 0 spiro atoms. The number of nitrogens with zero attached hydrogens (tertiary/aromatic N) is 3. The Morgan fingerprint density at radius 2 is 1.68 bits per heavy atom. The van der Waals surface area contributed by atoms with Crippen LogP contribution < -0.4 is 9.47 Å². The maximum atomic E-state index is 10.7. The molecule has 0 atom stereocenters. The van der Waals surface area contributed by atoms with Crippen LogP contribution >= 0.6 is 0 Å². The van der Waals surface area contributed by atoms with Crippen molar-refractivity contribution in [2.75, 3.05) is 33.0 Å². The van der Waals surface area contributed by atoms with Gasteiger partial charge < -0.3 is 13.9 Å². The summed E-state index contributed by atoms with van der Waals surface area (Å²) in [5.41, 5.74) is 1.21. The lowest BCUT2D eigenvalue weighted by atomic mass is 10.1. The summed E-state index contributed by atoms with van der Waals surface area (Å²) in [6, 6.07) is 9.15. The minimum absolute atomic E-state index is 0.198. The van der Waals surface area contributed by atoms with Crippen molar-refractivity contribution in [2.45, 2.75) is 13.1 Å². The van der Waals surface area contributed by atoms with Crippen LogP contribution in [0.5, 0.6) is 11.5 Å². The highest BCUT2D eigenvalue weighted by atomic mass is 16.7. The molecule has 1 saturated heterocycles. The number of rotatable bonds is 5. The predicted octanol–water partition coefficient (Wildman–Crippen LogP) is 2.23. The number of furan rings is 1. The number of piperazine rings is 1. The summed E-state index contributed by atoms with van der Waals surface area (Å²) in [4.78, 5) is 14.8. The Labute approximate surface area is 144 Å². The van der Waals surface area contributed by atoms with E-state index in [2.05, 4.69) is 15.9 Å². The van der Waals surface area contributed by atoms with Gasteiger partial charge in [0, 0.05) is 32.7 Å². The quantitative estimate of drug-likeness (QED) is 0.607. The first-order chi connectivity index (χ1) is 12.2. The van der Waals surface area contributed by atoms with Crippen LogP contribution in [-0.4, -0.2) is 47.7 Å². The van der Waals surface area contributed by atoms with Gasteiger partial charge in [-0.2, -0.15) is 0 Å². The first-order valence-electron chi connectivity index (χ1n) is 8.24. The fraction of sp³-hybridized carbons (Fsp3) is 0.412. The summed E-state index contributed by atoms with van der Waals surface area (Å²) in [5, 5.41) is 10.7. The zero-order valence-corrected chi connectivity index (χ0v) is 13.7. The molecule has 8 nitrogen and oxygen atoms in total. The normalized spacial score (nSPS) is 17.8. The topological polar surface area (TPSA) is 81.2 Å². The van der Waals surface area contributed by atoms with Crippen LogP contribution in [0, 0.1) is 10.1 Å². The summed E-state index contributed by atoms with van der Waals surface area (Å²) in [6.07, 6.45) is 0. The highest BCUT2D eigenvalue weighted by Gasteiger charge is 2.21. The van der Waals surface area contributed by atoms with Gasteiger partial charge in [0.1, 0.15) is 10.7 Å². The van der Waals surface area contributed by atoms with Gasteiger partial charge in [-0.15, -0.1) is 0 Å². The zero-order chi connectivity index (χ0) is 17.2. The van der Waals surface area contributed by atoms with Crippen molar-refractivity contribution in [3.63, 3.8) is 0 Å². The largest absolute Gasteiger partial charge is 0.454 e. The summed E-state index contributed by atoms with van der Waals surface area (Å²) >= 11 is 0. The molecule has 2 aromatic rings. The lowest BCUT2D eigenvalue weighted by molar-refractivity contribution is -0.402. The minimum atomic E-state index is -0.507. The second-order valence-electron chi connectivity index (χ2n) is 6.24. The van der Waals surface area contributed by atoms with Crippen LogP contribution in [0.4, 0.5) is 5.88 Å². The molecule has 0 N–H and O–H groups in total. The summed E-state index contributed by atoms with van der Waals surface area (Å²) in [5.74, 6) is 2.06. The first kappa shape index (κ1) is 15.9. The Balaban J connectivity index is 1.28. The van der Waals surface area contributed by atoms with Crippen LogP contribution in [0.1, 0.15) is 11.3 Å². The fourth-order valence-corrected chi connectivity index (χ4v) is 3.17. The van der Waals surface area contributed by atoms with Gasteiger partial charge in [-0.05, 0) is 23.8 Å². The number of nitro groups is 1. The van der Waals surface area contributed by atoms with E-state index in [1.807, 2.05) is 12.1 Å². The van der Waals surface area contributed by atoms with E-state index in [-0.39, 0.29) is 5.88 Å². The number of fused-ring (bicyclic) bond motifs is 1. The van der Waals surface area contributed by atoms with Gasteiger partial charge >= 0.3 is 5.88 Å². The summed E-state index contributed by atoms with van der Waals surface area (Å²) in [7, 11) is 0. The predicted molar refractivity (Wildman–Crippen MR) is 88.5 cm³/mol. The summed E-state index contributed by atoms with van der Waals surface area (Å²) in [6.45, 7) is 5.46. The molecule has 132 valence electrons. The average Bonchev–Trinajstić information content (AvgIpc) is 3.25. The van der Waals surface area contributed by atoms with E-state index in [0.29, 0.717) is 19.1 Å². The van der Waals surface area contributed by atoms with Crippen molar-refractivity contribution < 1.29 is 18.8 Å². The van der Waals surface area contributed by atoms with Crippen LogP contribution in [0.3, 0.4) is 0 Å². The minimum Gasteiger partial charge on any atom is -0.454 e. The fourth-order valence-electron chi connectivity index (χ4n) is 3.17. The van der Waals surface area contributed by atoms with Crippen molar-refractivity contribution in [3.8, 4) is 11.5 Å². The third-order valence-electron chi connectivity index (χ3n) is 4.51. The van der Waals surface area contributed by atoms with E-state index in [1.165, 1.54) is 11.6 Å². The first-order valence-corrected chi connectivity index (χ1v) is 8.24. The zero-order valence-electron chi connectivity index (χ0n) is 13.7. The molecule has 1 fully saturated rings. The van der Waals surface area contributed by atoms with Crippen molar-refractivity contribution in [3.05, 3.63) is 51.8 Å². The third-order valence-corrected chi connectivity index (χ3v) is 4.51. The molecule has 25 heavy (non-hydrogen) atoms. The number of ether oxygens (including phenoxy) is 2. The molecule has 0 amide bonds. The standard InChI is InChI=1S/C17H19N3O5/c21-20(22)17-4-2-14(25-17)11-19-7-5-18(6-8-19)10-13-1-3-15-16(9-13)24-12-23-15/h1-4,9H,5-8,10-12H2. The van der Waals surface area contributed by atoms with E-state index in [4.69, 9.17) is 13.9 Å². The monoisotopic (exact) mass is 345 g/mol. The second kappa shape index (κ2) is 6.73. The molecular weight excluding hydrogens is 326 g/mol. The van der Waals surface area contributed by atoms with E-state index < -0.39 is 4.92 Å². The van der Waals surface area contributed by atoms with Gasteiger partial charge in [-0.3, -0.25) is 19.9 Å². The molecule has 8 heteroatoms. The Bertz CT molecular complexity index is 767. The molecule has 0 saturated carbocycles.